The third-order valence-corrected chi connectivity index (χ3v) is 7.08. The van der Waals surface area contributed by atoms with Gasteiger partial charge in [-0.3, -0.25) is 4.79 Å². The predicted molar refractivity (Wildman–Crippen MR) is 101 cm³/mol. The number of rotatable bonds is 5. The van der Waals surface area contributed by atoms with E-state index in [1.54, 1.807) is 4.72 Å². The van der Waals surface area contributed by atoms with Gasteiger partial charge in [0.25, 0.3) is 5.91 Å². The van der Waals surface area contributed by atoms with Gasteiger partial charge in [0, 0.05) is 11.5 Å². The van der Waals surface area contributed by atoms with Crippen LogP contribution in [-0.4, -0.2) is 37.9 Å². The van der Waals surface area contributed by atoms with E-state index in [1.165, 1.54) is 0 Å². The molecule has 0 aromatic heterocycles. The Morgan fingerprint density at radius 2 is 1.96 bits per heavy atom. The molecule has 4 aliphatic carbocycles. The second-order valence-corrected chi connectivity index (χ2v) is 11.1. The number of benzene rings is 1. The summed E-state index contributed by atoms with van der Waals surface area (Å²) in [7, 11) is -3.82. The van der Waals surface area contributed by atoms with Gasteiger partial charge >= 0.3 is 0 Å². The zero-order valence-corrected chi connectivity index (χ0v) is 17.1. The van der Waals surface area contributed by atoms with Crippen molar-refractivity contribution in [3.05, 3.63) is 28.5 Å². The van der Waals surface area contributed by atoms with Crippen LogP contribution in [0.2, 0.25) is 5.02 Å². The smallest absolute Gasteiger partial charge is 0.267 e. The highest BCUT2D eigenvalue weighted by Crippen LogP contribution is 2.61. The highest BCUT2D eigenvalue weighted by Gasteiger charge is 2.57. The number of carbonyl (C=O) groups excluding carboxylic acids is 1. The fraction of sp³-hybridized carbons (Fsp3) is 0.632. The molecule has 6 nitrogen and oxygen atoms in total. The summed E-state index contributed by atoms with van der Waals surface area (Å²) < 4.78 is 44.3. The van der Waals surface area contributed by atoms with Crippen LogP contribution in [0.25, 0.3) is 0 Å². The zero-order valence-electron chi connectivity index (χ0n) is 15.5. The van der Waals surface area contributed by atoms with Crippen molar-refractivity contribution < 1.29 is 27.4 Å². The van der Waals surface area contributed by atoms with Gasteiger partial charge in [0.05, 0.1) is 29.0 Å². The molecular weight excluding hydrogens is 409 g/mol. The van der Waals surface area contributed by atoms with Crippen LogP contribution < -0.4 is 9.46 Å². The summed E-state index contributed by atoms with van der Waals surface area (Å²) in [6.07, 6.45) is 6.32. The third kappa shape index (κ3) is 3.86. The lowest BCUT2D eigenvalue weighted by Gasteiger charge is -2.60. The topological polar surface area (TPSA) is 92.7 Å². The van der Waals surface area contributed by atoms with Crippen molar-refractivity contribution in [2.45, 2.75) is 44.1 Å². The summed E-state index contributed by atoms with van der Waals surface area (Å²) in [5, 5.41) is 10.8. The third-order valence-electron chi connectivity index (χ3n) is 6.23. The molecule has 28 heavy (non-hydrogen) atoms. The summed E-state index contributed by atoms with van der Waals surface area (Å²) in [5.74, 6) is -0.882. The first-order chi connectivity index (χ1) is 13.0. The number of hydrogen-bond donors (Lipinski definition) is 2. The Kier molecular flexibility index (Phi) is 4.67. The van der Waals surface area contributed by atoms with Crippen LogP contribution in [-0.2, 0) is 10.0 Å². The monoisotopic (exact) mass is 431 g/mol. The van der Waals surface area contributed by atoms with E-state index >= 15 is 0 Å². The molecule has 9 heteroatoms. The first-order valence-electron chi connectivity index (χ1n) is 9.32. The molecule has 0 aliphatic heterocycles. The van der Waals surface area contributed by atoms with Crippen LogP contribution in [0.1, 0.15) is 48.9 Å². The lowest BCUT2D eigenvalue weighted by molar-refractivity contribution is -0.172. The lowest BCUT2D eigenvalue weighted by Crippen LogP contribution is -2.57. The van der Waals surface area contributed by atoms with E-state index in [4.69, 9.17) is 16.3 Å². The van der Waals surface area contributed by atoms with Gasteiger partial charge in [0.1, 0.15) is 11.6 Å². The highest BCUT2D eigenvalue weighted by atomic mass is 35.5. The van der Waals surface area contributed by atoms with Gasteiger partial charge in [-0.25, -0.2) is 17.5 Å². The van der Waals surface area contributed by atoms with Gasteiger partial charge < -0.3 is 9.84 Å². The molecule has 0 heterocycles. The first-order valence-corrected chi connectivity index (χ1v) is 11.6. The van der Waals surface area contributed by atoms with E-state index in [2.05, 4.69) is 0 Å². The minimum absolute atomic E-state index is 0.0310. The largest absolute Gasteiger partial charge is 0.491 e. The molecule has 5 rings (SSSR count). The molecule has 2 N–H and O–H groups in total. The van der Waals surface area contributed by atoms with Crippen LogP contribution in [0, 0.1) is 23.1 Å². The fourth-order valence-electron chi connectivity index (χ4n) is 5.84. The molecule has 1 aromatic carbocycles. The SMILES string of the molecule is CS(=O)(=O)NC(=O)c1cc(Cl)c(OCC23CC4CC(CC(O)(C4)C2)C3)cc1F. The van der Waals surface area contributed by atoms with Crippen LogP contribution in [0.5, 0.6) is 5.75 Å². The Labute approximate surface area is 168 Å². The number of nitrogens with one attached hydrogen (secondary N) is 1. The van der Waals surface area contributed by atoms with Gasteiger partial charge in [-0.1, -0.05) is 11.6 Å². The van der Waals surface area contributed by atoms with Crippen molar-refractivity contribution >= 4 is 27.5 Å². The molecule has 0 saturated heterocycles. The highest BCUT2D eigenvalue weighted by molar-refractivity contribution is 7.89. The maximum atomic E-state index is 14.4. The van der Waals surface area contributed by atoms with E-state index in [0.717, 1.165) is 50.5 Å². The molecule has 154 valence electrons. The summed E-state index contributed by atoms with van der Waals surface area (Å²) in [4.78, 5) is 11.9. The van der Waals surface area contributed by atoms with E-state index in [9.17, 15) is 22.7 Å². The Morgan fingerprint density at radius 3 is 2.54 bits per heavy atom. The molecule has 1 amide bonds. The Hall–Kier alpha value is -1.38. The predicted octanol–water partition coefficient (Wildman–Crippen LogP) is 2.88. The molecule has 1 aromatic rings. The summed E-state index contributed by atoms with van der Waals surface area (Å²) in [6.45, 7) is 0.330. The maximum Gasteiger partial charge on any atom is 0.267 e. The van der Waals surface area contributed by atoms with E-state index in [-0.39, 0.29) is 16.2 Å². The summed E-state index contributed by atoms with van der Waals surface area (Å²) in [6, 6.07) is 2.08. The zero-order chi connectivity index (χ0) is 20.3. The van der Waals surface area contributed by atoms with Gasteiger partial charge in [0.15, 0.2) is 0 Å². The molecule has 0 radical (unpaired) electrons. The quantitative estimate of drug-likeness (QED) is 0.747. The van der Waals surface area contributed by atoms with Gasteiger partial charge in [0.2, 0.25) is 10.0 Å². The maximum absolute atomic E-state index is 14.4. The fourth-order valence-corrected chi connectivity index (χ4v) is 6.50. The molecule has 4 fully saturated rings. The van der Waals surface area contributed by atoms with Crippen molar-refractivity contribution in [3.63, 3.8) is 0 Å². The molecule has 4 saturated carbocycles. The van der Waals surface area contributed by atoms with Crippen molar-refractivity contribution in [2.24, 2.45) is 17.3 Å². The van der Waals surface area contributed by atoms with E-state index in [0.29, 0.717) is 24.9 Å². The number of amides is 1. The summed E-state index contributed by atoms with van der Waals surface area (Å²) >= 11 is 6.16. The van der Waals surface area contributed by atoms with Crippen molar-refractivity contribution in [1.29, 1.82) is 0 Å². The first kappa shape index (κ1) is 19.9. The van der Waals surface area contributed by atoms with Gasteiger partial charge in [-0.05, 0) is 56.4 Å². The molecule has 4 aliphatic rings. The molecule has 4 bridgehead atoms. The van der Waals surface area contributed by atoms with Gasteiger partial charge in [-0.2, -0.15) is 0 Å². The number of ether oxygens (including phenoxy) is 1. The number of carbonyl (C=O) groups is 1. The van der Waals surface area contributed by atoms with Crippen molar-refractivity contribution in [1.82, 2.24) is 4.72 Å². The van der Waals surface area contributed by atoms with E-state index < -0.39 is 32.9 Å². The Morgan fingerprint density at radius 1 is 1.32 bits per heavy atom. The number of aliphatic hydroxyl groups is 1. The summed E-state index contributed by atoms with van der Waals surface area (Å²) in [5.41, 5.74) is -1.21. The molecule has 2 unspecified atom stereocenters. The average Bonchev–Trinajstić information content (AvgIpc) is 2.51. The lowest BCUT2D eigenvalue weighted by atomic mass is 9.48. The molecule has 2 atom stereocenters. The Balaban J connectivity index is 1.50. The van der Waals surface area contributed by atoms with E-state index in [1.807, 2.05) is 0 Å². The van der Waals surface area contributed by atoms with Crippen LogP contribution in [0.4, 0.5) is 4.39 Å². The molecular formula is C19H23ClFNO5S. The van der Waals surface area contributed by atoms with Crippen molar-refractivity contribution in [2.75, 3.05) is 12.9 Å². The van der Waals surface area contributed by atoms with Crippen LogP contribution in [0.3, 0.4) is 0 Å². The minimum atomic E-state index is -3.82. The van der Waals surface area contributed by atoms with Crippen molar-refractivity contribution in [3.8, 4) is 5.75 Å². The average molecular weight is 432 g/mol. The van der Waals surface area contributed by atoms with Gasteiger partial charge in [-0.15, -0.1) is 0 Å². The Bertz CT molecular complexity index is 920. The van der Waals surface area contributed by atoms with Crippen LogP contribution >= 0.6 is 11.6 Å². The van der Waals surface area contributed by atoms with Crippen LogP contribution in [0.15, 0.2) is 12.1 Å². The minimum Gasteiger partial charge on any atom is -0.491 e. The normalized spacial score (nSPS) is 33.7. The number of halogens is 2. The molecule has 0 spiro atoms. The number of sulfonamides is 1. The second kappa shape index (κ2) is 6.57. The standard InChI is InChI=1S/C19H23ClFNO5S/c1-28(25,26)22-17(23)13-3-14(20)16(4-15(13)21)27-10-18-5-11-2-12(6-18)8-19(24,7-11)9-18/h3-4,11-12,24H,2,5-10H2,1H3,(H,22,23). The number of hydrogen-bond acceptors (Lipinski definition) is 5. The second-order valence-electron chi connectivity index (χ2n) is 8.94.